The number of nitrogens with one attached hydrogen (secondary N) is 1. The van der Waals surface area contributed by atoms with Gasteiger partial charge in [-0.2, -0.15) is 0 Å². The van der Waals surface area contributed by atoms with Crippen LogP contribution >= 0.6 is 0 Å². The van der Waals surface area contributed by atoms with Crippen LogP contribution in [0.25, 0.3) is 0 Å². The van der Waals surface area contributed by atoms with E-state index in [4.69, 9.17) is 0 Å². The van der Waals surface area contributed by atoms with E-state index in [0.29, 0.717) is 6.42 Å². The molecule has 3 unspecified atom stereocenters. The van der Waals surface area contributed by atoms with Gasteiger partial charge in [-0.05, 0) is 19.3 Å². The van der Waals surface area contributed by atoms with E-state index in [1.165, 1.54) is 148 Å². The number of allylic oxidation sites excluding steroid dienone is 1. The lowest BCUT2D eigenvalue weighted by Gasteiger charge is -2.21. The fourth-order valence-corrected chi connectivity index (χ4v) is 5.83. The molecule has 0 aliphatic rings. The van der Waals surface area contributed by atoms with Gasteiger partial charge in [0.25, 0.3) is 0 Å². The standard InChI is InChI=1S/C38H75NO4/c1-3-5-7-9-11-13-15-17-18-19-21-22-24-26-28-30-32-36(41)35(34-40)39-38(43)37(42)33-31-29-27-25-23-20-16-14-12-10-8-6-4-2/h30,32,35-37,40-42H,3-29,31,33-34H2,1-2H3,(H,39,43)/b32-30+. The summed E-state index contributed by atoms with van der Waals surface area (Å²) < 4.78 is 0. The van der Waals surface area contributed by atoms with E-state index in [2.05, 4.69) is 19.2 Å². The highest BCUT2D eigenvalue weighted by atomic mass is 16.3. The largest absolute Gasteiger partial charge is 0.394 e. The van der Waals surface area contributed by atoms with Crippen molar-refractivity contribution in [2.45, 2.75) is 218 Å². The Balaban J connectivity index is 3.72. The maximum atomic E-state index is 12.4. The molecule has 1 amide bonds. The van der Waals surface area contributed by atoms with Crippen LogP contribution in [-0.2, 0) is 4.79 Å². The smallest absolute Gasteiger partial charge is 0.249 e. The fourth-order valence-electron chi connectivity index (χ4n) is 5.83. The lowest BCUT2D eigenvalue weighted by atomic mass is 10.0. The third-order valence-electron chi connectivity index (χ3n) is 8.88. The van der Waals surface area contributed by atoms with Gasteiger partial charge in [0.05, 0.1) is 18.8 Å². The molecular weight excluding hydrogens is 534 g/mol. The summed E-state index contributed by atoms with van der Waals surface area (Å²) in [6.45, 7) is 4.17. The van der Waals surface area contributed by atoms with Gasteiger partial charge in [-0.3, -0.25) is 4.79 Å². The molecule has 4 N–H and O–H groups in total. The number of aliphatic hydroxyl groups is 3. The van der Waals surface area contributed by atoms with Crippen molar-refractivity contribution in [2.75, 3.05) is 6.61 Å². The Morgan fingerprint density at radius 3 is 1.28 bits per heavy atom. The van der Waals surface area contributed by atoms with Gasteiger partial charge in [-0.25, -0.2) is 0 Å². The Morgan fingerprint density at radius 1 is 0.558 bits per heavy atom. The molecule has 0 fully saturated rings. The fraction of sp³-hybridized carbons (Fsp3) is 0.921. The van der Waals surface area contributed by atoms with Gasteiger partial charge in [0, 0.05) is 0 Å². The van der Waals surface area contributed by atoms with Crippen molar-refractivity contribution in [3.63, 3.8) is 0 Å². The van der Waals surface area contributed by atoms with E-state index in [-0.39, 0.29) is 6.61 Å². The highest BCUT2D eigenvalue weighted by Gasteiger charge is 2.22. The van der Waals surface area contributed by atoms with Gasteiger partial charge in [-0.1, -0.05) is 193 Å². The summed E-state index contributed by atoms with van der Waals surface area (Å²) in [7, 11) is 0. The third kappa shape index (κ3) is 29.6. The van der Waals surface area contributed by atoms with E-state index in [9.17, 15) is 20.1 Å². The first-order chi connectivity index (χ1) is 21.1. The van der Waals surface area contributed by atoms with Gasteiger partial charge in [0.2, 0.25) is 5.91 Å². The first kappa shape index (κ1) is 42.1. The van der Waals surface area contributed by atoms with E-state index >= 15 is 0 Å². The van der Waals surface area contributed by atoms with E-state index < -0.39 is 24.2 Å². The molecule has 5 heteroatoms. The van der Waals surface area contributed by atoms with Crippen molar-refractivity contribution < 1.29 is 20.1 Å². The summed E-state index contributed by atoms with van der Waals surface area (Å²) in [4.78, 5) is 12.4. The van der Waals surface area contributed by atoms with E-state index in [1.807, 2.05) is 6.08 Å². The second-order valence-electron chi connectivity index (χ2n) is 13.1. The van der Waals surface area contributed by atoms with Crippen molar-refractivity contribution in [1.82, 2.24) is 5.32 Å². The molecule has 0 heterocycles. The average Bonchev–Trinajstić information content (AvgIpc) is 3.01. The van der Waals surface area contributed by atoms with Gasteiger partial charge < -0.3 is 20.6 Å². The monoisotopic (exact) mass is 610 g/mol. The van der Waals surface area contributed by atoms with Crippen LogP contribution in [0.2, 0.25) is 0 Å². The van der Waals surface area contributed by atoms with Crippen molar-refractivity contribution in [3.8, 4) is 0 Å². The molecule has 0 radical (unpaired) electrons. The lowest BCUT2D eigenvalue weighted by Crippen LogP contribution is -2.48. The van der Waals surface area contributed by atoms with Crippen LogP contribution in [0, 0.1) is 0 Å². The highest BCUT2D eigenvalue weighted by Crippen LogP contribution is 2.15. The molecular formula is C38H75NO4. The average molecular weight is 610 g/mol. The molecule has 0 aliphatic carbocycles. The van der Waals surface area contributed by atoms with Gasteiger partial charge in [0.15, 0.2) is 0 Å². The molecule has 0 rings (SSSR count). The number of carbonyl (C=O) groups excluding carboxylic acids is 1. The zero-order valence-electron chi connectivity index (χ0n) is 28.8. The number of unbranched alkanes of at least 4 members (excludes halogenated alkanes) is 26. The molecule has 256 valence electrons. The Hall–Kier alpha value is -0.910. The molecule has 0 saturated heterocycles. The van der Waals surface area contributed by atoms with Crippen molar-refractivity contribution in [1.29, 1.82) is 0 Å². The lowest BCUT2D eigenvalue weighted by molar-refractivity contribution is -0.131. The number of carbonyl (C=O) groups is 1. The van der Waals surface area contributed by atoms with Crippen molar-refractivity contribution >= 4 is 5.91 Å². The minimum atomic E-state index is -1.09. The second-order valence-corrected chi connectivity index (χ2v) is 13.1. The third-order valence-corrected chi connectivity index (χ3v) is 8.88. The summed E-state index contributed by atoms with van der Waals surface area (Å²) in [6, 6.07) is -0.790. The van der Waals surface area contributed by atoms with E-state index in [1.54, 1.807) is 6.08 Å². The zero-order chi connectivity index (χ0) is 31.6. The van der Waals surface area contributed by atoms with Crippen LogP contribution in [0.3, 0.4) is 0 Å². The predicted octanol–water partition coefficient (Wildman–Crippen LogP) is 10.1. The Morgan fingerprint density at radius 2 is 0.907 bits per heavy atom. The van der Waals surface area contributed by atoms with Crippen LogP contribution in [-0.4, -0.2) is 46.1 Å². The summed E-state index contributed by atoms with van der Waals surface area (Å²) in [5.41, 5.74) is 0. The molecule has 3 atom stereocenters. The van der Waals surface area contributed by atoms with E-state index in [0.717, 1.165) is 32.1 Å². The minimum absolute atomic E-state index is 0.360. The van der Waals surface area contributed by atoms with Crippen LogP contribution in [0.5, 0.6) is 0 Å². The summed E-state index contributed by atoms with van der Waals surface area (Å²) in [6.07, 6.45) is 37.9. The second kappa shape index (κ2) is 34.0. The quantitative estimate of drug-likeness (QED) is 0.0432. The van der Waals surface area contributed by atoms with Gasteiger partial charge in [0.1, 0.15) is 6.10 Å². The normalized spacial score (nSPS) is 13.9. The molecule has 0 aromatic carbocycles. The maximum absolute atomic E-state index is 12.4. The summed E-state index contributed by atoms with van der Waals surface area (Å²) in [5, 5.41) is 33.0. The van der Waals surface area contributed by atoms with Gasteiger partial charge >= 0.3 is 0 Å². The first-order valence-electron chi connectivity index (χ1n) is 19.0. The number of rotatable bonds is 34. The van der Waals surface area contributed by atoms with Crippen LogP contribution < -0.4 is 5.32 Å². The molecule has 0 aromatic rings. The maximum Gasteiger partial charge on any atom is 0.249 e. The minimum Gasteiger partial charge on any atom is -0.394 e. The predicted molar refractivity (Wildman–Crippen MR) is 185 cm³/mol. The molecule has 0 aromatic heterocycles. The van der Waals surface area contributed by atoms with Gasteiger partial charge in [-0.15, -0.1) is 0 Å². The Kier molecular flexibility index (Phi) is 33.3. The number of hydrogen-bond acceptors (Lipinski definition) is 4. The molecule has 43 heavy (non-hydrogen) atoms. The number of aliphatic hydroxyl groups excluding tert-OH is 3. The van der Waals surface area contributed by atoms with Crippen molar-refractivity contribution in [3.05, 3.63) is 12.2 Å². The number of amides is 1. The van der Waals surface area contributed by atoms with Crippen LogP contribution in [0.15, 0.2) is 12.2 Å². The number of hydrogen-bond donors (Lipinski definition) is 4. The Bertz CT molecular complexity index is 596. The zero-order valence-corrected chi connectivity index (χ0v) is 28.8. The first-order valence-corrected chi connectivity index (χ1v) is 19.0. The molecule has 5 nitrogen and oxygen atoms in total. The molecule has 0 spiro atoms. The Labute approximate surface area is 268 Å². The summed E-state index contributed by atoms with van der Waals surface area (Å²) >= 11 is 0. The van der Waals surface area contributed by atoms with Crippen LogP contribution in [0.4, 0.5) is 0 Å². The molecule has 0 saturated carbocycles. The SMILES string of the molecule is CCCCCCCCCCCCCCCC/C=C/C(O)C(CO)NC(=O)C(O)CCCCCCCCCCCCCCC. The summed E-state index contributed by atoms with van der Waals surface area (Å²) in [5.74, 6) is -0.502. The molecule has 0 aliphatic heterocycles. The highest BCUT2D eigenvalue weighted by molar-refractivity contribution is 5.80. The molecule has 0 bridgehead atoms. The van der Waals surface area contributed by atoms with Crippen molar-refractivity contribution in [2.24, 2.45) is 0 Å². The topological polar surface area (TPSA) is 89.8 Å². The van der Waals surface area contributed by atoms with Crippen LogP contribution in [0.1, 0.15) is 200 Å².